The fraction of sp³-hybridized carbons (Fsp3) is 0.300. The molecule has 9 heteroatoms. The molecule has 0 aromatic heterocycles. The van der Waals surface area contributed by atoms with Crippen molar-refractivity contribution >= 4 is 17.6 Å². The number of ether oxygens (including phenoxy) is 3. The molecule has 0 spiro atoms. The summed E-state index contributed by atoms with van der Waals surface area (Å²) in [5.41, 5.74) is 0.845. The van der Waals surface area contributed by atoms with E-state index in [9.17, 15) is 19.7 Å². The summed E-state index contributed by atoms with van der Waals surface area (Å²) >= 11 is 0. The maximum atomic E-state index is 12.7. The Bertz CT molecular complexity index is 870. The van der Waals surface area contributed by atoms with E-state index in [1.807, 2.05) is 6.07 Å². The van der Waals surface area contributed by atoms with Crippen LogP contribution in [0.1, 0.15) is 17.2 Å². The van der Waals surface area contributed by atoms with Crippen LogP contribution in [0, 0.1) is 10.1 Å². The van der Waals surface area contributed by atoms with E-state index in [2.05, 4.69) is 5.32 Å². The number of hydrogen-bond donors (Lipinski definition) is 1. The summed E-state index contributed by atoms with van der Waals surface area (Å²) in [4.78, 5) is 35.5. The minimum Gasteiger partial charge on any atom is -0.490 e. The first-order chi connectivity index (χ1) is 13.9. The van der Waals surface area contributed by atoms with E-state index in [1.165, 1.54) is 33.5 Å². The highest BCUT2D eigenvalue weighted by atomic mass is 16.6. The molecule has 0 saturated carbocycles. The average molecular weight is 402 g/mol. The number of nitro benzene ring substituents is 1. The Morgan fingerprint density at radius 2 is 1.79 bits per heavy atom. The van der Waals surface area contributed by atoms with Crippen LogP contribution in [0.2, 0.25) is 0 Å². The second kappa shape index (κ2) is 10.2. The Kier molecular flexibility index (Phi) is 7.67. The number of carbonyl (C=O) groups excluding carboxylic acids is 2. The van der Waals surface area contributed by atoms with Crippen molar-refractivity contribution in [2.24, 2.45) is 0 Å². The number of hydrogen-bond acceptors (Lipinski definition) is 7. The van der Waals surface area contributed by atoms with E-state index in [0.717, 1.165) is 0 Å². The van der Waals surface area contributed by atoms with Gasteiger partial charge in [0.2, 0.25) is 0 Å². The standard InChI is InChI=1S/C20H22N2O7/c1-27-17-10-9-13(12-16(17)22(25)26)11-15(20(24)29-3)21-19(23)18(28-2)14-7-5-4-6-8-14/h4-10,12,15,18H,11H2,1-3H3,(H,21,23)/t15-,18+/m0/s1. The molecule has 2 rings (SSSR count). The van der Waals surface area contributed by atoms with Gasteiger partial charge in [0.25, 0.3) is 5.91 Å². The van der Waals surface area contributed by atoms with Gasteiger partial charge in [0.15, 0.2) is 11.9 Å². The number of amides is 1. The number of nitrogens with one attached hydrogen (secondary N) is 1. The Morgan fingerprint density at radius 3 is 2.34 bits per heavy atom. The lowest BCUT2D eigenvalue weighted by atomic mass is 10.0. The highest BCUT2D eigenvalue weighted by molar-refractivity contribution is 5.88. The van der Waals surface area contributed by atoms with Crippen molar-refractivity contribution in [3.05, 3.63) is 69.8 Å². The fourth-order valence-corrected chi connectivity index (χ4v) is 2.85. The van der Waals surface area contributed by atoms with Gasteiger partial charge in [-0.1, -0.05) is 36.4 Å². The Morgan fingerprint density at radius 1 is 1.10 bits per heavy atom. The zero-order valence-electron chi connectivity index (χ0n) is 16.3. The summed E-state index contributed by atoms with van der Waals surface area (Å²) in [5.74, 6) is -1.11. The molecule has 0 heterocycles. The first-order valence-electron chi connectivity index (χ1n) is 8.68. The number of rotatable bonds is 9. The van der Waals surface area contributed by atoms with Crippen molar-refractivity contribution in [2.75, 3.05) is 21.3 Å². The maximum Gasteiger partial charge on any atom is 0.328 e. The van der Waals surface area contributed by atoms with E-state index in [1.54, 1.807) is 30.3 Å². The molecule has 0 fully saturated rings. The topological polar surface area (TPSA) is 117 Å². The van der Waals surface area contributed by atoms with Crippen LogP contribution in [-0.2, 0) is 25.5 Å². The lowest BCUT2D eigenvalue weighted by Gasteiger charge is -2.21. The Labute approximate surface area is 167 Å². The van der Waals surface area contributed by atoms with Gasteiger partial charge < -0.3 is 19.5 Å². The maximum absolute atomic E-state index is 12.7. The molecular formula is C20H22N2O7. The van der Waals surface area contributed by atoms with Gasteiger partial charge in [-0.05, 0) is 17.2 Å². The van der Waals surface area contributed by atoms with Crippen molar-refractivity contribution < 1.29 is 28.7 Å². The van der Waals surface area contributed by atoms with E-state index in [0.29, 0.717) is 11.1 Å². The van der Waals surface area contributed by atoms with Gasteiger partial charge in [-0.15, -0.1) is 0 Å². The third-order valence-electron chi connectivity index (χ3n) is 4.26. The Balaban J connectivity index is 2.24. The molecule has 0 aliphatic heterocycles. The lowest BCUT2D eigenvalue weighted by molar-refractivity contribution is -0.385. The number of nitrogens with zero attached hydrogens (tertiary/aromatic N) is 1. The van der Waals surface area contributed by atoms with Gasteiger partial charge in [0.1, 0.15) is 6.04 Å². The van der Waals surface area contributed by atoms with Gasteiger partial charge in [0, 0.05) is 19.6 Å². The molecule has 2 aromatic rings. The van der Waals surface area contributed by atoms with Crippen molar-refractivity contribution in [1.29, 1.82) is 0 Å². The minimum absolute atomic E-state index is 0.00548. The predicted octanol–water partition coefficient (Wildman–Crippen LogP) is 2.19. The van der Waals surface area contributed by atoms with E-state index in [-0.39, 0.29) is 17.9 Å². The van der Waals surface area contributed by atoms with Crippen LogP contribution in [0.5, 0.6) is 5.75 Å². The molecule has 2 aromatic carbocycles. The number of nitro groups is 1. The number of methoxy groups -OCH3 is 3. The van der Waals surface area contributed by atoms with Crippen LogP contribution in [0.3, 0.4) is 0 Å². The summed E-state index contributed by atoms with van der Waals surface area (Å²) in [6, 6.07) is 12.1. The predicted molar refractivity (Wildman–Crippen MR) is 103 cm³/mol. The van der Waals surface area contributed by atoms with E-state index in [4.69, 9.17) is 14.2 Å². The smallest absolute Gasteiger partial charge is 0.328 e. The van der Waals surface area contributed by atoms with Crippen molar-refractivity contribution in [3.63, 3.8) is 0 Å². The van der Waals surface area contributed by atoms with Gasteiger partial charge in [0.05, 0.1) is 19.1 Å². The monoisotopic (exact) mass is 402 g/mol. The van der Waals surface area contributed by atoms with Crippen LogP contribution >= 0.6 is 0 Å². The molecule has 2 atom stereocenters. The van der Waals surface area contributed by atoms with E-state index >= 15 is 0 Å². The zero-order valence-corrected chi connectivity index (χ0v) is 16.3. The normalized spacial score (nSPS) is 12.5. The van der Waals surface area contributed by atoms with Gasteiger partial charge in [-0.3, -0.25) is 14.9 Å². The molecular weight excluding hydrogens is 380 g/mol. The van der Waals surface area contributed by atoms with Crippen molar-refractivity contribution in [3.8, 4) is 5.75 Å². The van der Waals surface area contributed by atoms with Crippen molar-refractivity contribution in [2.45, 2.75) is 18.6 Å². The fourth-order valence-electron chi connectivity index (χ4n) is 2.85. The summed E-state index contributed by atoms with van der Waals surface area (Å²) in [6.45, 7) is 0. The first kappa shape index (κ1) is 21.8. The van der Waals surface area contributed by atoms with E-state index < -0.39 is 28.9 Å². The molecule has 0 aliphatic carbocycles. The lowest BCUT2D eigenvalue weighted by Crippen LogP contribution is -2.45. The molecule has 0 unspecified atom stereocenters. The molecule has 1 amide bonds. The molecule has 0 bridgehead atoms. The molecule has 9 nitrogen and oxygen atoms in total. The van der Waals surface area contributed by atoms with Gasteiger partial charge in [-0.25, -0.2) is 4.79 Å². The number of carbonyl (C=O) groups is 2. The van der Waals surface area contributed by atoms with Gasteiger partial charge >= 0.3 is 11.7 Å². The first-order valence-corrected chi connectivity index (χ1v) is 8.68. The summed E-state index contributed by atoms with van der Waals surface area (Å²) in [6.07, 6.45) is -0.928. The third kappa shape index (κ3) is 5.52. The van der Waals surface area contributed by atoms with Crippen LogP contribution in [-0.4, -0.2) is 44.2 Å². The number of esters is 1. The van der Waals surface area contributed by atoms with Crippen LogP contribution in [0.25, 0.3) is 0 Å². The molecule has 0 radical (unpaired) electrons. The highest BCUT2D eigenvalue weighted by Crippen LogP contribution is 2.28. The van der Waals surface area contributed by atoms with Gasteiger partial charge in [-0.2, -0.15) is 0 Å². The largest absolute Gasteiger partial charge is 0.490 e. The highest BCUT2D eigenvalue weighted by Gasteiger charge is 2.28. The minimum atomic E-state index is -1.05. The summed E-state index contributed by atoms with van der Waals surface area (Å²) in [7, 11) is 3.91. The molecule has 29 heavy (non-hydrogen) atoms. The van der Waals surface area contributed by atoms with Crippen molar-refractivity contribution in [1.82, 2.24) is 5.32 Å². The molecule has 1 N–H and O–H groups in total. The molecule has 0 aliphatic rings. The average Bonchev–Trinajstić information content (AvgIpc) is 2.73. The molecule has 0 saturated heterocycles. The second-order valence-corrected chi connectivity index (χ2v) is 6.08. The molecule has 154 valence electrons. The van der Waals surface area contributed by atoms with Crippen LogP contribution in [0.4, 0.5) is 5.69 Å². The third-order valence-corrected chi connectivity index (χ3v) is 4.26. The van der Waals surface area contributed by atoms with Crippen LogP contribution < -0.4 is 10.1 Å². The second-order valence-electron chi connectivity index (χ2n) is 6.08. The van der Waals surface area contributed by atoms with Crippen LogP contribution in [0.15, 0.2) is 48.5 Å². The quantitative estimate of drug-likeness (QED) is 0.388. The summed E-state index contributed by atoms with van der Waals surface area (Å²) in [5, 5.41) is 13.8. The number of benzene rings is 2. The SMILES string of the molecule is COC(=O)[C@H](Cc1ccc(OC)c([N+](=O)[O-])c1)NC(=O)[C@H](OC)c1ccccc1. The zero-order chi connectivity index (χ0) is 21.4. The Hall–Kier alpha value is -3.46. The summed E-state index contributed by atoms with van der Waals surface area (Å²) < 4.78 is 15.0.